The second-order valence-corrected chi connectivity index (χ2v) is 14.1. The first-order valence-corrected chi connectivity index (χ1v) is 16.7. The van der Waals surface area contributed by atoms with Crippen LogP contribution in [0.1, 0.15) is 0 Å². The van der Waals surface area contributed by atoms with Crippen molar-refractivity contribution < 1.29 is 30.8 Å². The summed E-state index contributed by atoms with van der Waals surface area (Å²) < 4.78 is 66.2. The second-order valence-electron chi connectivity index (χ2n) is 8.72. The Hall–Kier alpha value is -2.85. The van der Waals surface area contributed by atoms with Gasteiger partial charge in [-0.05, 0) is 60.7 Å². The fourth-order valence-electron chi connectivity index (χ4n) is 3.86. The van der Waals surface area contributed by atoms with Gasteiger partial charge in [0.25, 0.3) is 15.2 Å². The van der Waals surface area contributed by atoms with Crippen molar-refractivity contribution in [1.82, 2.24) is 9.29 Å². The summed E-state index contributed by atoms with van der Waals surface area (Å²) in [6.07, 6.45) is 0. The molecule has 5 rings (SSSR count). The van der Waals surface area contributed by atoms with E-state index >= 15 is 0 Å². The minimum atomic E-state index is -3.90. The first-order valence-electron chi connectivity index (χ1n) is 12.0. The number of rotatable bonds is 9. The molecule has 0 aliphatic carbocycles. The number of carbonyl (C=O) groups excluding carboxylic acids is 1. The summed E-state index contributed by atoms with van der Waals surface area (Å²) in [5.41, 5.74) is 1.12. The van der Waals surface area contributed by atoms with Gasteiger partial charge in [-0.15, -0.1) is 0 Å². The van der Waals surface area contributed by atoms with Crippen molar-refractivity contribution in [3.05, 3.63) is 70.7 Å². The number of sulfonamides is 2. The molecule has 11 nitrogen and oxygen atoms in total. The highest BCUT2D eigenvalue weighted by Gasteiger charge is 2.27. The Bertz CT molecular complexity index is 1810. The molecule has 0 radical (unpaired) electrons. The number of benzene rings is 3. The monoisotopic (exact) mass is 656 g/mol. The average Bonchev–Trinajstić information content (AvgIpc) is 3.37. The molecule has 0 spiro atoms. The lowest BCUT2D eigenvalue weighted by molar-refractivity contribution is -0.113. The molecule has 1 aromatic heterocycles. The maximum Gasteiger partial charge on any atom is 0.261 e. The number of anilines is 2. The van der Waals surface area contributed by atoms with Crippen molar-refractivity contribution in [2.45, 2.75) is 15.0 Å². The molecular formula is C25H22Cl2N4O7S3. The lowest BCUT2D eigenvalue weighted by Crippen LogP contribution is -2.40. The van der Waals surface area contributed by atoms with Crippen LogP contribution in [0.2, 0.25) is 10.0 Å². The van der Waals surface area contributed by atoms with Gasteiger partial charge >= 0.3 is 0 Å². The molecule has 1 amide bonds. The molecule has 1 aliphatic rings. The number of nitrogens with zero attached hydrogens (tertiary/aromatic N) is 2. The maximum absolute atomic E-state index is 13.0. The van der Waals surface area contributed by atoms with Gasteiger partial charge in [0.15, 0.2) is 5.58 Å². The predicted octanol–water partition coefficient (Wildman–Crippen LogP) is 4.69. The zero-order chi connectivity index (χ0) is 29.2. The van der Waals surface area contributed by atoms with Crippen LogP contribution in [0.25, 0.3) is 11.1 Å². The van der Waals surface area contributed by atoms with E-state index in [1.165, 1.54) is 40.7 Å². The third-order valence-corrected chi connectivity index (χ3v) is 10.6. The summed E-state index contributed by atoms with van der Waals surface area (Å²) in [7, 11) is -7.68. The van der Waals surface area contributed by atoms with Gasteiger partial charge in [0.1, 0.15) is 5.52 Å². The summed E-state index contributed by atoms with van der Waals surface area (Å²) in [6.45, 7) is 1.09. The van der Waals surface area contributed by atoms with Crippen LogP contribution in [0.5, 0.6) is 0 Å². The molecule has 0 bridgehead atoms. The Labute approximate surface area is 250 Å². The first-order chi connectivity index (χ1) is 19.5. The Morgan fingerprint density at radius 1 is 0.951 bits per heavy atom. The van der Waals surface area contributed by atoms with Crippen molar-refractivity contribution in [1.29, 1.82) is 0 Å². The van der Waals surface area contributed by atoms with Gasteiger partial charge in [0.05, 0.1) is 39.5 Å². The summed E-state index contributed by atoms with van der Waals surface area (Å²) in [5.74, 6) is -0.608. The van der Waals surface area contributed by atoms with Crippen molar-refractivity contribution in [2.75, 3.05) is 42.1 Å². The predicted molar refractivity (Wildman–Crippen MR) is 157 cm³/mol. The van der Waals surface area contributed by atoms with Gasteiger partial charge in [0.2, 0.25) is 15.9 Å². The van der Waals surface area contributed by atoms with Gasteiger partial charge in [-0.25, -0.2) is 21.8 Å². The van der Waals surface area contributed by atoms with Gasteiger partial charge < -0.3 is 14.5 Å². The van der Waals surface area contributed by atoms with Gasteiger partial charge in [0, 0.05) is 23.8 Å². The Morgan fingerprint density at radius 2 is 1.66 bits per heavy atom. The largest absolute Gasteiger partial charge is 0.431 e. The third-order valence-electron chi connectivity index (χ3n) is 5.89. The number of morpholine rings is 1. The van der Waals surface area contributed by atoms with E-state index < -0.39 is 26.0 Å². The number of hydrogen-bond acceptors (Lipinski definition) is 9. The molecule has 2 heterocycles. The molecule has 0 unspecified atom stereocenters. The zero-order valence-corrected chi connectivity index (χ0v) is 25.0. The summed E-state index contributed by atoms with van der Waals surface area (Å²) in [6, 6.07) is 14.5. The molecule has 216 valence electrons. The maximum atomic E-state index is 13.0. The number of fused-ring (bicyclic) bond motifs is 1. The molecule has 3 aromatic carbocycles. The van der Waals surface area contributed by atoms with E-state index in [0.29, 0.717) is 29.5 Å². The number of halogens is 2. The van der Waals surface area contributed by atoms with E-state index in [0.717, 1.165) is 11.8 Å². The SMILES string of the molecule is O=C(CSc1nc2cc(S(=O)(=O)Nc3ccc(Cl)cc3)ccc2o1)Nc1cc(S(=O)(=O)N2CCOCC2)ccc1Cl. The molecule has 1 aliphatic heterocycles. The number of oxazole rings is 1. The third kappa shape index (κ3) is 6.97. The number of aromatic nitrogens is 1. The van der Waals surface area contributed by atoms with E-state index in [1.807, 2.05) is 0 Å². The van der Waals surface area contributed by atoms with Gasteiger partial charge in [-0.2, -0.15) is 4.31 Å². The fraction of sp³-hybridized carbons (Fsp3) is 0.200. The normalized spacial score (nSPS) is 14.7. The van der Waals surface area contributed by atoms with Crippen molar-refractivity contribution >= 4 is 83.4 Å². The number of hydrogen-bond donors (Lipinski definition) is 2. The summed E-state index contributed by atoms with van der Waals surface area (Å²) >= 11 is 13.0. The number of ether oxygens (including phenoxy) is 1. The minimum Gasteiger partial charge on any atom is -0.431 e. The van der Waals surface area contributed by atoms with E-state index in [-0.39, 0.29) is 50.1 Å². The standard InChI is InChI=1S/C25H22Cl2N4O7S3/c26-16-1-3-17(4-2-16)30-40(33,34)18-6-8-23-22(13-18)29-25(38-23)39-15-24(32)28-21-14-19(5-7-20(21)27)41(35,36)31-9-11-37-12-10-31/h1-8,13-14,30H,9-12,15H2,(H,28,32). The summed E-state index contributed by atoms with van der Waals surface area (Å²) in [5, 5.41) is 3.41. The van der Waals surface area contributed by atoms with Gasteiger partial charge in [-0.3, -0.25) is 9.52 Å². The number of thioether (sulfide) groups is 1. The smallest absolute Gasteiger partial charge is 0.261 e. The van der Waals surface area contributed by atoms with Crippen LogP contribution in [-0.2, 0) is 29.6 Å². The topological polar surface area (TPSA) is 148 Å². The van der Waals surface area contributed by atoms with Crippen molar-refractivity contribution in [2.24, 2.45) is 0 Å². The highest BCUT2D eigenvalue weighted by Crippen LogP contribution is 2.29. The van der Waals surface area contributed by atoms with Crippen LogP contribution in [-0.4, -0.2) is 64.1 Å². The van der Waals surface area contributed by atoms with Crippen molar-refractivity contribution in [3.8, 4) is 0 Å². The highest BCUT2D eigenvalue weighted by molar-refractivity contribution is 7.99. The second kappa shape index (κ2) is 12.2. The van der Waals surface area contributed by atoms with Crippen LogP contribution in [0, 0.1) is 0 Å². The molecule has 4 aromatic rings. The quantitative estimate of drug-likeness (QED) is 0.245. The van der Waals surface area contributed by atoms with Crippen LogP contribution in [0.15, 0.2) is 80.1 Å². The molecule has 1 saturated heterocycles. The highest BCUT2D eigenvalue weighted by atomic mass is 35.5. The van der Waals surface area contributed by atoms with Crippen LogP contribution >= 0.6 is 35.0 Å². The van der Waals surface area contributed by atoms with E-state index in [9.17, 15) is 21.6 Å². The fourth-order valence-corrected chi connectivity index (χ4v) is 7.30. The Kier molecular flexibility index (Phi) is 8.80. The molecule has 2 N–H and O–H groups in total. The number of carbonyl (C=O) groups is 1. The lowest BCUT2D eigenvalue weighted by Gasteiger charge is -2.26. The lowest BCUT2D eigenvalue weighted by atomic mass is 10.3. The Morgan fingerprint density at radius 3 is 2.39 bits per heavy atom. The molecule has 41 heavy (non-hydrogen) atoms. The zero-order valence-electron chi connectivity index (χ0n) is 21.0. The number of nitrogens with one attached hydrogen (secondary N) is 2. The number of amides is 1. The molecule has 0 atom stereocenters. The van der Waals surface area contributed by atoms with Crippen LogP contribution in [0.4, 0.5) is 11.4 Å². The van der Waals surface area contributed by atoms with E-state index in [1.54, 1.807) is 24.3 Å². The average molecular weight is 658 g/mol. The molecule has 16 heteroatoms. The molecule has 0 saturated carbocycles. The first kappa shape index (κ1) is 29.6. The summed E-state index contributed by atoms with van der Waals surface area (Å²) in [4.78, 5) is 16.9. The van der Waals surface area contributed by atoms with E-state index in [4.69, 9.17) is 32.4 Å². The van der Waals surface area contributed by atoms with Gasteiger partial charge in [-0.1, -0.05) is 35.0 Å². The van der Waals surface area contributed by atoms with Crippen LogP contribution in [0.3, 0.4) is 0 Å². The minimum absolute atomic E-state index is 0.00186. The van der Waals surface area contributed by atoms with Crippen LogP contribution < -0.4 is 10.0 Å². The Balaban J connectivity index is 1.24. The molecule has 1 fully saturated rings. The molecular weight excluding hydrogens is 635 g/mol. The van der Waals surface area contributed by atoms with Crippen molar-refractivity contribution in [3.63, 3.8) is 0 Å². The van der Waals surface area contributed by atoms with E-state index in [2.05, 4.69) is 15.0 Å².